The highest BCUT2D eigenvalue weighted by Crippen LogP contribution is 2.30. The lowest BCUT2D eigenvalue weighted by atomic mass is 10.2. The zero-order valence-corrected chi connectivity index (χ0v) is 8.14. The molecule has 1 fully saturated rings. The van der Waals surface area contributed by atoms with Crippen molar-refractivity contribution in [2.24, 2.45) is 4.99 Å². The van der Waals surface area contributed by atoms with Crippen LogP contribution in [-0.4, -0.2) is 18.5 Å². The highest BCUT2D eigenvalue weighted by molar-refractivity contribution is 5.98. The van der Waals surface area contributed by atoms with Gasteiger partial charge < -0.3 is 4.90 Å². The summed E-state index contributed by atoms with van der Waals surface area (Å²) in [7, 11) is 0. The molecule has 0 radical (unpaired) electrons. The molecule has 1 heterocycles. The summed E-state index contributed by atoms with van der Waals surface area (Å²) in [5, 5.41) is 0. The summed E-state index contributed by atoms with van der Waals surface area (Å²) in [6, 6.07) is 7.09. The van der Waals surface area contributed by atoms with Crippen molar-refractivity contribution >= 4 is 23.4 Å². The first-order valence-corrected chi connectivity index (χ1v) is 4.80. The van der Waals surface area contributed by atoms with Gasteiger partial charge in [0.1, 0.15) is 0 Å². The molecule has 2 rings (SSSR count). The number of amides is 1. The minimum absolute atomic E-state index is 0.0866. The third kappa shape index (κ3) is 1.80. The molecule has 0 N–H and O–H groups in total. The fourth-order valence-electron chi connectivity index (χ4n) is 1.74. The molecule has 0 saturated carbocycles. The van der Waals surface area contributed by atoms with Gasteiger partial charge in [-0.15, -0.1) is 0 Å². The monoisotopic (exact) mass is 202 g/mol. The quantitative estimate of drug-likeness (QED) is 0.542. The number of para-hydroxylation sites is 2. The van der Waals surface area contributed by atoms with Gasteiger partial charge in [-0.25, -0.2) is 4.79 Å². The molecule has 76 valence electrons. The third-order valence-corrected chi connectivity index (χ3v) is 2.41. The molecule has 0 atom stereocenters. The molecule has 1 saturated heterocycles. The normalized spacial score (nSPS) is 15.2. The lowest BCUT2D eigenvalue weighted by Crippen LogP contribution is -2.23. The van der Waals surface area contributed by atoms with E-state index in [9.17, 15) is 9.59 Å². The molecule has 0 aromatic heterocycles. The average Bonchev–Trinajstić information content (AvgIpc) is 2.66. The van der Waals surface area contributed by atoms with Gasteiger partial charge in [0.2, 0.25) is 12.0 Å². The van der Waals surface area contributed by atoms with Gasteiger partial charge in [-0.1, -0.05) is 12.1 Å². The molecule has 1 aromatic rings. The first-order chi connectivity index (χ1) is 7.33. The Labute approximate surface area is 87.2 Å². The van der Waals surface area contributed by atoms with Crippen LogP contribution < -0.4 is 4.90 Å². The number of hydrogen-bond acceptors (Lipinski definition) is 3. The summed E-state index contributed by atoms with van der Waals surface area (Å²) in [5.74, 6) is 0.0866. The first-order valence-electron chi connectivity index (χ1n) is 4.80. The Morgan fingerprint density at radius 2 is 2.13 bits per heavy atom. The van der Waals surface area contributed by atoms with Crippen LogP contribution in [0.2, 0.25) is 0 Å². The molecule has 0 bridgehead atoms. The van der Waals surface area contributed by atoms with E-state index in [1.165, 1.54) is 6.08 Å². The zero-order valence-electron chi connectivity index (χ0n) is 8.14. The van der Waals surface area contributed by atoms with Crippen LogP contribution >= 0.6 is 0 Å². The number of nitrogens with zero attached hydrogens (tertiary/aromatic N) is 2. The number of anilines is 1. The predicted molar refractivity (Wildman–Crippen MR) is 55.8 cm³/mol. The van der Waals surface area contributed by atoms with E-state index in [-0.39, 0.29) is 5.91 Å². The molecule has 15 heavy (non-hydrogen) atoms. The number of aliphatic imine (C=N–C) groups is 1. The Kier molecular flexibility index (Phi) is 2.61. The largest absolute Gasteiger partial charge is 0.310 e. The Bertz CT molecular complexity index is 436. The van der Waals surface area contributed by atoms with E-state index in [0.717, 1.165) is 6.42 Å². The minimum Gasteiger partial charge on any atom is -0.310 e. The first kappa shape index (κ1) is 9.62. The number of carbonyl (C=O) groups is 1. The van der Waals surface area contributed by atoms with Crippen LogP contribution in [0.5, 0.6) is 0 Å². The van der Waals surface area contributed by atoms with Crippen molar-refractivity contribution in [3.8, 4) is 0 Å². The standard InChI is InChI=1S/C11H10N2O2/c14-8-12-9-4-1-2-5-10(9)13-7-3-6-11(13)15/h1-2,4-5H,3,6-7H2. The maximum Gasteiger partial charge on any atom is 0.240 e. The van der Waals surface area contributed by atoms with Crippen LogP contribution in [0, 0.1) is 0 Å². The van der Waals surface area contributed by atoms with Gasteiger partial charge in [-0.2, -0.15) is 4.99 Å². The highest BCUT2D eigenvalue weighted by atomic mass is 16.2. The second kappa shape index (κ2) is 4.07. The van der Waals surface area contributed by atoms with Gasteiger partial charge in [0.15, 0.2) is 0 Å². The number of hydrogen-bond donors (Lipinski definition) is 0. The van der Waals surface area contributed by atoms with E-state index >= 15 is 0 Å². The topological polar surface area (TPSA) is 49.7 Å². The van der Waals surface area contributed by atoms with Crippen molar-refractivity contribution in [3.05, 3.63) is 24.3 Å². The average molecular weight is 202 g/mol. The molecule has 4 nitrogen and oxygen atoms in total. The van der Waals surface area contributed by atoms with Crippen LogP contribution in [0.1, 0.15) is 12.8 Å². The van der Waals surface area contributed by atoms with Crippen molar-refractivity contribution in [1.29, 1.82) is 0 Å². The number of rotatable bonds is 2. The molecule has 0 spiro atoms. The van der Waals surface area contributed by atoms with E-state index in [2.05, 4.69) is 4.99 Å². The van der Waals surface area contributed by atoms with Crippen molar-refractivity contribution in [2.75, 3.05) is 11.4 Å². The summed E-state index contributed by atoms with van der Waals surface area (Å²) in [6.45, 7) is 0.699. The summed E-state index contributed by atoms with van der Waals surface area (Å²) in [6.07, 6.45) is 2.93. The van der Waals surface area contributed by atoms with E-state index in [1.807, 2.05) is 6.07 Å². The molecule has 1 aromatic carbocycles. The van der Waals surface area contributed by atoms with Crippen molar-refractivity contribution in [1.82, 2.24) is 0 Å². The number of isocyanates is 1. The van der Waals surface area contributed by atoms with Crippen molar-refractivity contribution in [3.63, 3.8) is 0 Å². The SMILES string of the molecule is O=C=Nc1ccccc1N1CCCC1=O. The van der Waals surface area contributed by atoms with Gasteiger partial charge in [0.25, 0.3) is 0 Å². The Morgan fingerprint density at radius 3 is 2.80 bits per heavy atom. The smallest absolute Gasteiger partial charge is 0.240 e. The van der Waals surface area contributed by atoms with E-state index in [4.69, 9.17) is 0 Å². The molecule has 1 aliphatic rings. The molecular formula is C11H10N2O2. The Balaban J connectivity index is 2.42. The van der Waals surface area contributed by atoms with Gasteiger partial charge in [-0.05, 0) is 18.6 Å². The van der Waals surface area contributed by atoms with Crippen molar-refractivity contribution < 1.29 is 9.59 Å². The Morgan fingerprint density at radius 1 is 1.33 bits per heavy atom. The summed E-state index contributed by atoms with van der Waals surface area (Å²) in [5.41, 5.74) is 1.20. The second-order valence-electron chi connectivity index (χ2n) is 3.34. The van der Waals surface area contributed by atoms with Crippen LogP contribution in [0.25, 0.3) is 0 Å². The zero-order chi connectivity index (χ0) is 10.7. The van der Waals surface area contributed by atoms with Crippen LogP contribution in [-0.2, 0) is 9.59 Å². The van der Waals surface area contributed by atoms with E-state index < -0.39 is 0 Å². The van der Waals surface area contributed by atoms with Crippen LogP contribution in [0.15, 0.2) is 29.3 Å². The lowest BCUT2D eigenvalue weighted by molar-refractivity contribution is -0.117. The second-order valence-corrected chi connectivity index (χ2v) is 3.34. The fraction of sp³-hybridized carbons (Fsp3) is 0.273. The molecule has 1 aliphatic heterocycles. The van der Waals surface area contributed by atoms with E-state index in [1.54, 1.807) is 23.1 Å². The van der Waals surface area contributed by atoms with Gasteiger partial charge in [-0.3, -0.25) is 4.79 Å². The third-order valence-electron chi connectivity index (χ3n) is 2.41. The summed E-state index contributed by atoms with van der Waals surface area (Å²) >= 11 is 0. The molecular weight excluding hydrogens is 192 g/mol. The molecule has 0 unspecified atom stereocenters. The maximum absolute atomic E-state index is 11.5. The Hall–Kier alpha value is -1.93. The fourth-order valence-corrected chi connectivity index (χ4v) is 1.74. The molecule has 4 heteroatoms. The highest BCUT2D eigenvalue weighted by Gasteiger charge is 2.23. The van der Waals surface area contributed by atoms with Crippen LogP contribution in [0.4, 0.5) is 11.4 Å². The van der Waals surface area contributed by atoms with Gasteiger partial charge >= 0.3 is 0 Å². The maximum atomic E-state index is 11.5. The van der Waals surface area contributed by atoms with Crippen LogP contribution in [0.3, 0.4) is 0 Å². The van der Waals surface area contributed by atoms with Crippen molar-refractivity contribution in [2.45, 2.75) is 12.8 Å². The van der Waals surface area contributed by atoms with E-state index in [0.29, 0.717) is 24.3 Å². The van der Waals surface area contributed by atoms with Gasteiger partial charge in [0.05, 0.1) is 11.4 Å². The molecule has 0 aliphatic carbocycles. The number of carbonyl (C=O) groups excluding carboxylic acids is 2. The number of benzene rings is 1. The minimum atomic E-state index is 0.0866. The molecule has 1 amide bonds. The summed E-state index contributed by atoms with van der Waals surface area (Å²) < 4.78 is 0. The lowest BCUT2D eigenvalue weighted by Gasteiger charge is -2.16. The summed E-state index contributed by atoms with van der Waals surface area (Å²) in [4.78, 5) is 27.0. The van der Waals surface area contributed by atoms with Gasteiger partial charge in [0, 0.05) is 13.0 Å². The predicted octanol–water partition coefficient (Wildman–Crippen LogP) is 1.78.